The minimum atomic E-state index is -4.36. The highest BCUT2D eigenvalue weighted by Crippen LogP contribution is 2.30. The van der Waals surface area contributed by atoms with Crippen LogP contribution in [0.3, 0.4) is 0 Å². The smallest absolute Gasteiger partial charge is 0.367 e. The van der Waals surface area contributed by atoms with Crippen molar-refractivity contribution in [3.63, 3.8) is 0 Å². The summed E-state index contributed by atoms with van der Waals surface area (Å²) in [5.41, 5.74) is 8.15. The normalized spacial score (nSPS) is 12.3. The highest BCUT2D eigenvalue weighted by atomic mass is 19.4. The molecule has 0 atom stereocenters. The highest BCUT2D eigenvalue weighted by Gasteiger charge is 2.30. The molecule has 0 aliphatic rings. The zero-order chi connectivity index (χ0) is 16.3. The lowest BCUT2D eigenvalue weighted by Gasteiger charge is -2.09. The van der Waals surface area contributed by atoms with Crippen LogP contribution in [-0.4, -0.2) is 29.0 Å². The van der Waals surface area contributed by atoms with Gasteiger partial charge in [0.25, 0.3) is 0 Å². The Morgan fingerprint density at radius 3 is 2.45 bits per heavy atom. The van der Waals surface area contributed by atoms with Gasteiger partial charge < -0.3 is 5.73 Å². The molecule has 0 saturated heterocycles. The summed E-state index contributed by atoms with van der Waals surface area (Å²) >= 11 is 0. The van der Waals surface area contributed by atoms with Crippen LogP contribution in [0.25, 0.3) is 5.69 Å². The van der Waals surface area contributed by atoms with Crippen molar-refractivity contribution in [2.45, 2.75) is 6.18 Å². The van der Waals surface area contributed by atoms with E-state index >= 15 is 0 Å². The van der Waals surface area contributed by atoms with Gasteiger partial charge in [0.2, 0.25) is 5.96 Å². The monoisotopic (exact) mass is 310 g/mol. The number of nitrogens with zero attached hydrogens (tertiary/aromatic N) is 3. The molecule has 1 aromatic heterocycles. The van der Waals surface area contributed by atoms with Crippen molar-refractivity contribution in [1.82, 2.24) is 9.99 Å². The molecule has 0 spiro atoms. The summed E-state index contributed by atoms with van der Waals surface area (Å²) in [5.74, 6) is 0.751. The van der Waals surface area contributed by atoms with Crippen molar-refractivity contribution in [2.24, 2.45) is 10.7 Å². The first-order valence-electron chi connectivity index (χ1n) is 6.27. The van der Waals surface area contributed by atoms with Gasteiger partial charge in [0, 0.05) is 13.1 Å². The summed E-state index contributed by atoms with van der Waals surface area (Å²) in [6.07, 6.45) is -2.65. The predicted octanol–water partition coefficient (Wildman–Crippen LogP) is 2.29. The number of hydrogen-bond donors (Lipinski definition) is 2. The zero-order valence-corrected chi connectivity index (χ0v) is 11.8. The van der Waals surface area contributed by atoms with Crippen LogP contribution < -0.4 is 11.2 Å². The van der Waals surface area contributed by atoms with Gasteiger partial charge in [-0.25, -0.2) is 0 Å². The Labute approximate surface area is 125 Å². The van der Waals surface area contributed by atoms with E-state index in [9.17, 15) is 13.2 Å². The van der Waals surface area contributed by atoms with Crippen molar-refractivity contribution < 1.29 is 17.9 Å². The number of halogens is 3. The Morgan fingerprint density at radius 2 is 1.91 bits per heavy atom. The lowest BCUT2D eigenvalue weighted by Crippen LogP contribution is -2.37. The molecule has 2 aromatic rings. The maximum absolute atomic E-state index is 12.6. The third-order valence-electron chi connectivity index (χ3n) is 2.97. The van der Waals surface area contributed by atoms with Crippen molar-refractivity contribution in [2.75, 3.05) is 7.05 Å². The fraction of sp³-hybridized carbons (Fsp3) is 0.143. The Balaban J connectivity index is 2.31. The van der Waals surface area contributed by atoms with E-state index in [2.05, 4.69) is 17.1 Å². The van der Waals surface area contributed by atoms with Gasteiger partial charge in [0.1, 0.15) is 5.69 Å². The molecular weight excluding hydrogens is 295 g/mol. The summed E-state index contributed by atoms with van der Waals surface area (Å²) in [6.45, 7) is 3.77. The third-order valence-corrected chi connectivity index (χ3v) is 2.97. The number of hydrogen-bond acceptors (Lipinski definition) is 1. The molecule has 0 aliphatic heterocycles. The topological polar surface area (TPSA) is 58.4 Å². The lowest BCUT2D eigenvalue weighted by atomic mass is 10.2. The highest BCUT2D eigenvalue weighted by molar-refractivity contribution is 5.76. The van der Waals surface area contributed by atoms with Crippen LogP contribution >= 0.6 is 0 Å². The van der Waals surface area contributed by atoms with Crippen LogP contribution in [0.15, 0.2) is 47.6 Å². The van der Waals surface area contributed by atoms with E-state index in [1.165, 1.54) is 23.9 Å². The Kier molecular flexibility index (Phi) is 4.20. The number of benzene rings is 1. The van der Waals surface area contributed by atoms with Gasteiger partial charge in [-0.2, -0.15) is 23.2 Å². The molecule has 2 rings (SSSR count). The van der Waals surface area contributed by atoms with Gasteiger partial charge >= 0.3 is 12.0 Å². The van der Waals surface area contributed by atoms with Crippen LogP contribution in [0.4, 0.5) is 19.0 Å². The second-order valence-corrected chi connectivity index (χ2v) is 4.43. The predicted molar refractivity (Wildman–Crippen MR) is 78.5 cm³/mol. The first-order valence-corrected chi connectivity index (χ1v) is 6.27. The lowest BCUT2D eigenvalue weighted by molar-refractivity contribution is -0.483. The molecule has 0 fully saturated rings. The molecule has 0 bridgehead atoms. The number of hydrazone groups is 1. The van der Waals surface area contributed by atoms with E-state index in [4.69, 9.17) is 5.73 Å². The Bertz CT molecular complexity index is 698. The third kappa shape index (κ3) is 3.27. The average Bonchev–Trinajstić information content (AvgIpc) is 2.95. The summed E-state index contributed by atoms with van der Waals surface area (Å²) in [5, 5.41) is 0. The largest absolute Gasteiger partial charge is 0.416 e. The average molecular weight is 310 g/mol. The van der Waals surface area contributed by atoms with Crippen LogP contribution in [-0.2, 0) is 6.18 Å². The molecule has 5 nitrogen and oxygen atoms in total. The number of aliphatic imine (C=N–C) groups is 1. The molecule has 0 unspecified atom stereocenters. The minimum Gasteiger partial charge on any atom is -0.367 e. The number of aromatic nitrogens is 1. The number of guanidine groups is 1. The van der Waals surface area contributed by atoms with Gasteiger partial charge in [0.05, 0.1) is 18.5 Å². The Hall–Kier alpha value is -2.77. The van der Waals surface area contributed by atoms with E-state index in [1.807, 2.05) is 0 Å². The maximum Gasteiger partial charge on any atom is 0.416 e. The number of nitrogens with one attached hydrogen (secondary N) is 1. The second kappa shape index (κ2) is 5.92. The first kappa shape index (κ1) is 15.6. The maximum atomic E-state index is 12.6. The van der Waals surface area contributed by atoms with Crippen LogP contribution in [0.5, 0.6) is 0 Å². The quantitative estimate of drug-likeness (QED) is 0.395. The number of hydrazine groups is 1. The molecule has 1 aromatic carbocycles. The molecule has 0 saturated carbocycles. The van der Waals surface area contributed by atoms with E-state index in [0.717, 1.165) is 12.1 Å². The van der Waals surface area contributed by atoms with E-state index < -0.39 is 11.7 Å². The van der Waals surface area contributed by atoms with Crippen molar-refractivity contribution in [3.05, 3.63) is 48.2 Å². The minimum absolute atomic E-state index is 0.162. The molecule has 22 heavy (non-hydrogen) atoms. The molecule has 116 valence electrons. The van der Waals surface area contributed by atoms with Gasteiger partial charge in [-0.1, -0.05) is 0 Å². The van der Waals surface area contributed by atoms with Crippen molar-refractivity contribution >= 4 is 18.5 Å². The fourth-order valence-corrected chi connectivity index (χ4v) is 1.87. The van der Waals surface area contributed by atoms with E-state index in [-0.39, 0.29) is 5.96 Å². The van der Waals surface area contributed by atoms with Gasteiger partial charge in [-0.05, 0) is 30.3 Å². The zero-order valence-electron chi connectivity index (χ0n) is 11.8. The van der Waals surface area contributed by atoms with Crippen LogP contribution in [0, 0.1) is 0 Å². The van der Waals surface area contributed by atoms with Gasteiger partial charge in [-0.15, -0.1) is 4.68 Å². The molecular formula is C14H15F3N5+. The van der Waals surface area contributed by atoms with Crippen LogP contribution in [0.2, 0.25) is 0 Å². The van der Waals surface area contributed by atoms with Crippen molar-refractivity contribution in [1.29, 1.82) is 0 Å². The molecule has 0 amide bonds. The molecule has 0 radical (unpaired) electrons. The summed E-state index contributed by atoms with van der Waals surface area (Å²) in [6, 6.07) is 8.31. The fourth-order valence-electron chi connectivity index (χ4n) is 1.87. The molecule has 3 N–H and O–H groups in total. The summed E-state index contributed by atoms with van der Waals surface area (Å²) < 4.78 is 40.8. The first-order chi connectivity index (χ1) is 10.3. The van der Waals surface area contributed by atoms with Crippen LogP contribution in [0.1, 0.15) is 5.56 Å². The number of nitrogens with two attached hydrogens (primary N) is 1. The molecule has 8 heteroatoms. The number of alkyl halides is 3. The number of rotatable bonds is 3. The standard InChI is InChI=1S/C14H15F3N5/c1-19-13(18)20-21(2)12-4-3-9-22(12)11-7-5-10(6-8-11)14(15,16)17/h3-9H,2H2,1H3,(H3,18,19,20)/q+1. The van der Waals surface area contributed by atoms with Crippen molar-refractivity contribution in [3.8, 4) is 5.69 Å². The SMILES string of the molecule is C=[N+](NC(N)=NC)c1cccn1-c1ccc(C(F)(F)F)cc1. The molecule has 0 aliphatic carbocycles. The Morgan fingerprint density at radius 1 is 1.27 bits per heavy atom. The van der Waals surface area contributed by atoms with E-state index in [0.29, 0.717) is 11.5 Å². The van der Waals surface area contributed by atoms with E-state index in [1.54, 1.807) is 22.9 Å². The second-order valence-electron chi connectivity index (χ2n) is 4.43. The molecule has 1 heterocycles. The van der Waals surface area contributed by atoms with Gasteiger partial charge in [-0.3, -0.25) is 4.99 Å². The summed E-state index contributed by atoms with van der Waals surface area (Å²) in [4.78, 5) is 3.75. The van der Waals surface area contributed by atoms with Gasteiger partial charge in [0.15, 0.2) is 0 Å². The summed E-state index contributed by atoms with van der Waals surface area (Å²) in [7, 11) is 1.52.